The maximum absolute atomic E-state index is 10.9. The number of hydrogen-bond donors (Lipinski definition) is 2. The highest BCUT2D eigenvalue weighted by Gasteiger charge is 2.13. The molecule has 0 bridgehead atoms. The molecular formula is C7H13NO4S. The van der Waals surface area contributed by atoms with Gasteiger partial charge in [0.1, 0.15) is 0 Å². The van der Waals surface area contributed by atoms with E-state index in [-0.39, 0.29) is 6.54 Å². The lowest BCUT2D eigenvalue weighted by molar-refractivity contribution is -0.134. The second-order valence-corrected chi connectivity index (χ2v) is 4.59. The van der Waals surface area contributed by atoms with E-state index in [1.165, 1.54) is 0 Å². The van der Waals surface area contributed by atoms with Gasteiger partial charge in [0.2, 0.25) is 10.0 Å². The molecule has 0 unspecified atom stereocenters. The molecule has 5 nitrogen and oxygen atoms in total. The van der Waals surface area contributed by atoms with Gasteiger partial charge >= 0.3 is 5.97 Å². The van der Waals surface area contributed by atoms with Crippen LogP contribution in [-0.2, 0) is 14.8 Å². The predicted molar refractivity (Wildman–Crippen MR) is 48.9 cm³/mol. The van der Waals surface area contributed by atoms with E-state index in [4.69, 9.17) is 5.11 Å². The Bertz CT molecular complexity index is 300. The van der Waals surface area contributed by atoms with Gasteiger partial charge in [-0.05, 0) is 13.8 Å². The third kappa shape index (κ3) is 7.48. The zero-order chi connectivity index (χ0) is 10.5. The number of carboxylic acid groups (broad SMARTS) is 1. The Kier molecular flexibility index (Phi) is 4.64. The molecule has 0 aliphatic carbocycles. The van der Waals surface area contributed by atoms with E-state index in [1.54, 1.807) is 6.08 Å². The molecular weight excluding hydrogens is 194 g/mol. The van der Waals surface area contributed by atoms with Gasteiger partial charge in [-0.2, -0.15) is 0 Å². The number of allylic oxidation sites excluding steroid dienone is 1. The largest absolute Gasteiger partial charge is 0.480 e. The second-order valence-electron chi connectivity index (χ2n) is 2.78. The Morgan fingerprint density at radius 2 is 2.00 bits per heavy atom. The number of hydrogen-bond acceptors (Lipinski definition) is 3. The first-order valence-electron chi connectivity index (χ1n) is 3.66. The molecule has 2 N–H and O–H groups in total. The minimum Gasteiger partial charge on any atom is -0.480 e. The molecule has 13 heavy (non-hydrogen) atoms. The van der Waals surface area contributed by atoms with Gasteiger partial charge in [-0.25, -0.2) is 13.1 Å². The molecule has 0 rings (SSSR count). The first-order valence-corrected chi connectivity index (χ1v) is 5.31. The van der Waals surface area contributed by atoms with E-state index in [0.717, 1.165) is 5.57 Å². The number of nitrogens with one attached hydrogen (secondary N) is 1. The SMILES string of the molecule is CC(C)=CCNS(=O)(=O)CC(=O)O. The molecule has 0 amide bonds. The molecule has 0 atom stereocenters. The van der Waals surface area contributed by atoms with Crippen LogP contribution in [0.15, 0.2) is 11.6 Å². The summed E-state index contributed by atoms with van der Waals surface area (Å²) in [6.45, 7) is 3.79. The number of sulfonamides is 1. The smallest absolute Gasteiger partial charge is 0.320 e. The van der Waals surface area contributed by atoms with E-state index in [0.29, 0.717) is 0 Å². The molecule has 0 fully saturated rings. The molecule has 76 valence electrons. The lowest BCUT2D eigenvalue weighted by atomic mass is 10.3. The molecule has 0 aromatic carbocycles. The van der Waals surface area contributed by atoms with E-state index < -0.39 is 21.7 Å². The molecule has 0 saturated heterocycles. The molecule has 0 aliphatic heterocycles. The first kappa shape index (κ1) is 12.1. The van der Waals surface area contributed by atoms with Crippen molar-refractivity contribution < 1.29 is 18.3 Å². The number of aliphatic carboxylic acids is 1. The molecule has 0 aromatic rings. The van der Waals surface area contributed by atoms with Crippen LogP contribution in [0.5, 0.6) is 0 Å². The van der Waals surface area contributed by atoms with Crippen molar-refractivity contribution in [3.63, 3.8) is 0 Å². The minimum atomic E-state index is -3.67. The first-order chi connectivity index (χ1) is 5.83. The zero-order valence-electron chi connectivity index (χ0n) is 7.57. The van der Waals surface area contributed by atoms with Crippen LogP contribution in [0, 0.1) is 0 Å². The van der Waals surface area contributed by atoms with E-state index in [9.17, 15) is 13.2 Å². The van der Waals surface area contributed by atoms with Gasteiger partial charge < -0.3 is 5.11 Å². The highest BCUT2D eigenvalue weighted by Crippen LogP contribution is 1.88. The van der Waals surface area contributed by atoms with Crippen LogP contribution < -0.4 is 4.72 Å². The quantitative estimate of drug-likeness (QED) is 0.619. The summed E-state index contributed by atoms with van der Waals surface area (Å²) < 4.78 is 23.9. The highest BCUT2D eigenvalue weighted by atomic mass is 32.2. The fourth-order valence-electron chi connectivity index (χ4n) is 0.586. The average molecular weight is 207 g/mol. The summed E-state index contributed by atoms with van der Waals surface area (Å²) in [6, 6.07) is 0. The van der Waals surface area contributed by atoms with Gasteiger partial charge in [-0.3, -0.25) is 4.79 Å². The Balaban J connectivity index is 4.05. The summed E-state index contributed by atoms with van der Waals surface area (Å²) in [4.78, 5) is 10.1. The molecule has 0 aliphatic rings. The van der Waals surface area contributed by atoms with E-state index in [1.807, 2.05) is 13.8 Å². The Labute approximate surface area is 77.5 Å². The molecule has 0 saturated carbocycles. The third-order valence-electron chi connectivity index (χ3n) is 1.13. The van der Waals surface area contributed by atoms with Crippen LogP contribution in [0.4, 0.5) is 0 Å². The summed E-state index contributed by atoms with van der Waals surface area (Å²) in [5.41, 5.74) is 0.970. The third-order valence-corrected chi connectivity index (χ3v) is 2.36. The van der Waals surface area contributed by atoms with Crippen LogP contribution in [0.3, 0.4) is 0 Å². The summed E-state index contributed by atoms with van der Waals surface area (Å²) >= 11 is 0. The van der Waals surface area contributed by atoms with Crippen LogP contribution in [0.25, 0.3) is 0 Å². The zero-order valence-corrected chi connectivity index (χ0v) is 8.39. The lowest BCUT2D eigenvalue weighted by Gasteiger charge is -2.00. The van der Waals surface area contributed by atoms with Crippen molar-refractivity contribution in [3.8, 4) is 0 Å². The molecule has 6 heteroatoms. The Morgan fingerprint density at radius 1 is 1.46 bits per heavy atom. The van der Waals surface area contributed by atoms with Crippen LogP contribution >= 0.6 is 0 Å². The number of carbonyl (C=O) groups is 1. The minimum absolute atomic E-state index is 0.137. The summed E-state index contributed by atoms with van der Waals surface area (Å²) in [5, 5.41) is 8.22. The lowest BCUT2D eigenvalue weighted by Crippen LogP contribution is -2.30. The van der Waals surface area contributed by atoms with Crippen molar-refractivity contribution in [2.24, 2.45) is 0 Å². The van der Waals surface area contributed by atoms with Crippen molar-refractivity contribution in [1.29, 1.82) is 0 Å². The maximum atomic E-state index is 10.9. The van der Waals surface area contributed by atoms with Gasteiger partial charge in [0.15, 0.2) is 5.75 Å². The summed E-state index contributed by atoms with van der Waals surface area (Å²) in [5.74, 6) is -2.24. The molecule has 0 radical (unpaired) electrons. The van der Waals surface area contributed by atoms with Crippen molar-refractivity contribution in [3.05, 3.63) is 11.6 Å². The topological polar surface area (TPSA) is 83.5 Å². The van der Waals surface area contributed by atoms with Crippen molar-refractivity contribution in [2.45, 2.75) is 13.8 Å². The molecule has 0 spiro atoms. The van der Waals surface area contributed by atoms with Crippen LogP contribution in [0.1, 0.15) is 13.8 Å². The average Bonchev–Trinajstić information content (AvgIpc) is 1.81. The van der Waals surface area contributed by atoms with Gasteiger partial charge in [-0.1, -0.05) is 11.6 Å². The van der Waals surface area contributed by atoms with E-state index >= 15 is 0 Å². The molecule has 0 heterocycles. The monoisotopic (exact) mass is 207 g/mol. The fraction of sp³-hybridized carbons (Fsp3) is 0.571. The van der Waals surface area contributed by atoms with Crippen molar-refractivity contribution in [1.82, 2.24) is 4.72 Å². The van der Waals surface area contributed by atoms with Crippen LogP contribution in [0.2, 0.25) is 0 Å². The Hall–Kier alpha value is -0.880. The van der Waals surface area contributed by atoms with Crippen molar-refractivity contribution in [2.75, 3.05) is 12.3 Å². The summed E-state index contributed by atoms with van der Waals surface area (Å²) in [7, 11) is -3.67. The number of rotatable bonds is 5. The van der Waals surface area contributed by atoms with Gasteiger partial charge in [0, 0.05) is 6.54 Å². The predicted octanol–water partition coefficient (Wildman–Crippen LogP) is -0.0434. The maximum Gasteiger partial charge on any atom is 0.320 e. The van der Waals surface area contributed by atoms with Crippen molar-refractivity contribution >= 4 is 16.0 Å². The van der Waals surface area contributed by atoms with E-state index in [2.05, 4.69) is 4.72 Å². The van der Waals surface area contributed by atoms with Gasteiger partial charge in [0.05, 0.1) is 0 Å². The normalized spacial score (nSPS) is 10.9. The van der Waals surface area contributed by atoms with Crippen LogP contribution in [-0.4, -0.2) is 31.8 Å². The second kappa shape index (κ2) is 4.98. The van der Waals surface area contributed by atoms with Gasteiger partial charge in [-0.15, -0.1) is 0 Å². The Morgan fingerprint density at radius 3 is 2.38 bits per heavy atom. The highest BCUT2D eigenvalue weighted by molar-refractivity contribution is 7.90. The summed E-state index contributed by atoms with van der Waals surface area (Å²) in [6.07, 6.45) is 1.67. The number of carboxylic acids is 1. The van der Waals surface area contributed by atoms with Gasteiger partial charge in [0.25, 0.3) is 0 Å². The standard InChI is InChI=1S/C7H13NO4S/c1-6(2)3-4-8-13(11,12)5-7(9)10/h3,8H,4-5H2,1-2H3,(H,9,10). The molecule has 0 aromatic heterocycles. The fourth-order valence-corrected chi connectivity index (χ4v) is 1.35.